The van der Waals surface area contributed by atoms with E-state index >= 15 is 0 Å². The number of halogens is 2. The molecule has 4 heteroatoms. The molecule has 0 N–H and O–H groups in total. The van der Waals surface area contributed by atoms with Gasteiger partial charge in [-0.2, -0.15) is 12.6 Å². The van der Waals surface area contributed by atoms with E-state index in [0.29, 0.717) is 16.3 Å². The van der Waals surface area contributed by atoms with Crippen molar-refractivity contribution in [1.29, 1.82) is 0 Å². The van der Waals surface area contributed by atoms with Crippen LogP contribution >= 0.6 is 24.2 Å². The average molecular weight is 385 g/mol. The van der Waals surface area contributed by atoms with Crippen LogP contribution in [0.4, 0.5) is 4.39 Å². The molecule has 0 spiro atoms. The molecule has 0 heterocycles. The first-order chi connectivity index (χ1) is 12.6. The zero-order chi connectivity index (χ0) is 19.1. The third kappa shape index (κ3) is 4.24. The Labute approximate surface area is 163 Å². The van der Waals surface area contributed by atoms with Crippen molar-refractivity contribution < 1.29 is 9.18 Å². The van der Waals surface area contributed by atoms with E-state index in [9.17, 15) is 9.18 Å². The molecule has 3 aromatic rings. The molecule has 0 bridgehead atoms. The number of rotatable bonds is 4. The Kier molecular flexibility index (Phi) is 7.19. The fourth-order valence-electron chi connectivity index (χ4n) is 2.70. The third-order valence-corrected chi connectivity index (χ3v) is 4.34. The molecule has 0 aliphatic rings. The summed E-state index contributed by atoms with van der Waals surface area (Å²) in [6.45, 7) is 6.00. The maximum Gasteiger partial charge on any atom is 0.196 e. The van der Waals surface area contributed by atoms with Gasteiger partial charge < -0.3 is 0 Å². The van der Waals surface area contributed by atoms with Gasteiger partial charge in [0.2, 0.25) is 0 Å². The molecule has 0 atom stereocenters. The maximum absolute atomic E-state index is 14.1. The molecular formula is C22H18ClFOS. The lowest BCUT2D eigenvalue weighted by Crippen LogP contribution is -2.08. The number of hydrogen-bond donors (Lipinski definition) is 1. The fraction of sp³-hybridized carbons (Fsp3) is 0.0455. The third-order valence-electron chi connectivity index (χ3n) is 3.78. The van der Waals surface area contributed by atoms with E-state index in [0.717, 1.165) is 16.7 Å². The Morgan fingerprint density at radius 3 is 2.19 bits per heavy atom. The number of benzene rings is 3. The maximum atomic E-state index is 14.1. The van der Waals surface area contributed by atoms with Gasteiger partial charge in [-0.25, -0.2) is 4.39 Å². The Morgan fingerprint density at radius 2 is 1.58 bits per heavy atom. The van der Waals surface area contributed by atoms with Crippen molar-refractivity contribution in [3.8, 4) is 11.1 Å². The second-order valence-corrected chi connectivity index (χ2v) is 6.07. The summed E-state index contributed by atoms with van der Waals surface area (Å²) in [5, 5.41) is 0.429. The van der Waals surface area contributed by atoms with E-state index in [1.165, 1.54) is 12.1 Å². The van der Waals surface area contributed by atoms with Gasteiger partial charge >= 0.3 is 0 Å². The fourth-order valence-corrected chi connectivity index (χ4v) is 3.19. The summed E-state index contributed by atoms with van der Waals surface area (Å²) in [6, 6.07) is 18.8. The van der Waals surface area contributed by atoms with Gasteiger partial charge in [0, 0.05) is 16.3 Å². The number of ketones is 1. The molecule has 0 saturated heterocycles. The summed E-state index contributed by atoms with van der Waals surface area (Å²) in [5.41, 5.74) is 2.85. The second-order valence-electron chi connectivity index (χ2n) is 5.32. The van der Waals surface area contributed by atoms with Crippen LogP contribution in [0.15, 0.2) is 79.9 Å². The molecule has 0 radical (unpaired) electrons. The molecule has 3 rings (SSSR count). The zero-order valence-electron chi connectivity index (χ0n) is 14.1. The Hall–Kier alpha value is -2.36. The minimum atomic E-state index is -0.547. The molecule has 0 amide bonds. The highest BCUT2D eigenvalue weighted by molar-refractivity contribution is 7.79. The number of hydrogen-bond acceptors (Lipinski definition) is 2. The highest BCUT2D eigenvalue weighted by atomic mass is 35.5. The van der Waals surface area contributed by atoms with Crippen molar-refractivity contribution in [2.75, 3.05) is 0 Å². The molecule has 0 unspecified atom stereocenters. The van der Waals surface area contributed by atoms with E-state index < -0.39 is 11.6 Å². The van der Waals surface area contributed by atoms with E-state index in [-0.39, 0.29) is 5.56 Å². The second kappa shape index (κ2) is 9.37. The van der Waals surface area contributed by atoms with Crippen molar-refractivity contribution in [2.24, 2.45) is 0 Å². The summed E-state index contributed by atoms with van der Waals surface area (Å²) < 4.78 is 14.1. The first-order valence-electron chi connectivity index (χ1n) is 7.89. The summed E-state index contributed by atoms with van der Waals surface area (Å²) in [4.78, 5) is 13.0. The van der Waals surface area contributed by atoms with Crippen LogP contribution in [0.2, 0.25) is 5.02 Å². The van der Waals surface area contributed by atoms with E-state index in [1.807, 2.05) is 30.3 Å². The van der Waals surface area contributed by atoms with Crippen molar-refractivity contribution in [1.82, 2.24) is 0 Å². The van der Waals surface area contributed by atoms with Crippen molar-refractivity contribution in [3.63, 3.8) is 0 Å². The predicted molar refractivity (Wildman–Crippen MR) is 111 cm³/mol. The van der Waals surface area contributed by atoms with E-state index in [4.69, 9.17) is 11.6 Å². The number of carbonyl (C=O) groups is 1. The van der Waals surface area contributed by atoms with Gasteiger partial charge in [-0.15, -0.1) is 13.2 Å². The molecule has 0 saturated carbocycles. The summed E-state index contributed by atoms with van der Waals surface area (Å²) in [6.07, 6.45) is 0. The SMILES string of the molecule is C=C.O=C(c1ccccc1F)c1cc(Cl)cc(CS)c1-c1ccccc1. The topological polar surface area (TPSA) is 17.1 Å². The predicted octanol–water partition coefficient (Wildman–Crippen LogP) is 6.61. The molecule has 1 nitrogen and oxygen atoms in total. The quantitative estimate of drug-likeness (QED) is 0.304. The van der Waals surface area contributed by atoms with Crippen LogP contribution in [0.3, 0.4) is 0 Å². The van der Waals surface area contributed by atoms with Crippen LogP contribution in [0, 0.1) is 5.82 Å². The van der Waals surface area contributed by atoms with Crippen molar-refractivity contribution in [2.45, 2.75) is 5.75 Å². The van der Waals surface area contributed by atoms with Gasteiger partial charge in [0.1, 0.15) is 5.82 Å². The van der Waals surface area contributed by atoms with Gasteiger partial charge in [0.25, 0.3) is 0 Å². The molecule has 0 aliphatic carbocycles. The average Bonchev–Trinajstić information content (AvgIpc) is 2.69. The highest BCUT2D eigenvalue weighted by Crippen LogP contribution is 2.33. The molecular weight excluding hydrogens is 367 g/mol. The van der Waals surface area contributed by atoms with Gasteiger partial charge in [0.05, 0.1) is 5.56 Å². The van der Waals surface area contributed by atoms with Crippen LogP contribution in [0.5, 0.6) is 0 Å². The molecule has 132 valence electrons. The van der Waals surface area contributed by atoms with E-state index in [2.05, 4.69) is 25.8 Å². The van der Waals surface area contributed by atoms with Crippen molar-refractivity contribution >= 4 is 30.0 Å². The standard InChI is InChI=1S/C20H14ClFOS.C2H4/c21-15-10-14(12-24)19(13-6-2-1-3-7-13)17(11-15)20(23)16-8-4-5-9-18(16)22;1-2/h1-11,24H,12H2;1-2H2. The van der Waals surface area contributed by atoms with Gasteiger partial charge in [-0.05, 0) is 41.0 Å². The Balaban J connectivity index is 0.00000117. The summed E-state index contributed by atoms with van der Waals surface area (Å²) in [5.74, 6) is -0.520. The minimum Gasteiger partial charge on any atom is -0.288 e. The zero-order valence-corrected chi connectivity index (χ0v) is 15.7. The smallest absolute Gasteiger partial charge is 0.196 e. The molecule has 0 aromatic heterocycles. The lowest BCUT2D eigenvalue weighted by molar-refractivity contribution is 0.103. The first kappa shape index (κ1) is 20.0. The highest BCUT2D eigenvalue weighted by Gasteiger charge is 2.21. The van der Waals surface area contributed by atoms with Crippen molar-refractivity contribution in [3.05, 3.63) is 107 Å². The molecule has 0 fully saturated rings. The normalized spacial score (nSPS) is 9.96. The molecule has 0 aliphatic heterocycles. The van der Waals surface area contributed by atoms with E-state index in [1.54, 1.807) is 24.3 Å². The molecule has 26 heavy (non-hydrogen) atoms. The van der Waals surface area contributed by atoms with Crippen LogP contribution in [0.25, 0.3) is 11.1 Å². The monoisotopic (exact) mass is 384 g/mol. The largest absolute Gasteiger partial charge is 0.288 e. The minimum absolute atomic E-state index is 0.0297. The number of carbonyl (C=O) groups excluding carboxylic acids is 1. The van der Waals surface area contributed by atoms with Crippen LogP contribution < -0.4 is 0 Å². The first-order valence-corrected chi connectivity index (χ1v) is 8.91. The number of thiol groups is 1. The van der Waals surface area contributed by atoms with Crippen LogP contribution in [0.1, 0.15) is 21.5 Å². The Morgan fingerprint density at radius 1 is 0.962 bits per heavy atom. The summed E-state index contributed by atoms with van der Waals surface area (Å²) >= 11 is 10.5. The molecule has 3 aromatic carbocycles. The lowest BCUT2D eigenvalue weighted by atomic mass is 9.90. The summed E-state index contributed by atoms with van der Waals surface area (Å²) in [7, 11) is 0. The van der Waals surface area contributed by atoms with Gasteiger partial charge in [-0.1, -0.05) is 54.1 Å². The van der Waals surface area contributed by atoms with Crippen LogP contribution in [-0.4, -0.2) is 5.78 Å². The van der Waals surface area contributed by atoms with Crippen LogP contribution in [-0.2, 0) is 5.75 Å². The Bertz CT molecular complexity index is 909. The lowest BCUT2D eigenvalue weighted by Gasteiger charge is -2.15. The van der Waals surface area contributed by atoms with Gasteiger partial charge in [-0.3, -0.25) is 4.79 Å². The van der Waals surface area contributed by atoms with Gasteiger partial charge in [0.15, 0.2) is 5.78 Å².